The van der Waals surface area contributed by atoms with Gasteiger partial charge in [0.2, 0.25) is 0 Å². The topological polar surface area (TPSA) is 90.8 Å². The van der Waals surface area contributed by atoms with Crippen LogP contribution in [0.25, 0.3) is 0 Å². The number of hydrogen-bond donors (Lipinski definition) is 2. The molecule has 1 heterocycles. The van der Waals surface area contributed by atoms with Crippen LogP contribution in [-0.4, -0.2) is 55.0 Å². The SMILES string of the molecule is CN1CCN(c2ccc(NC(=O)c3ccc(NC4CC4)c([N+](=O)[O-])c3)cc2)CC1. The Bertz CT molecular complexity index is 903. The molecule has 0 bridgehead atoms. The third-order valence-electron chi connectivity index (χ3n) is 5.39. The van der Waals surface area contributed by atoms with Gasteiger partial charge in [0.1, 0.15) is 5.69 Å². The number of nitro groups is 1. The molecule has 1 saturated heterocycles. The lowest BCUT2D eigenvalue weighted by molar-refractivity contribution is -0.384. The van der Waals surface area contributed by atoms with Gasteiger partial charge in [0, 0.05) is 55.2 Å². The highest BCUT2D eigenvalue weighted by atomic mass is 16.6. The van der Waals surface area contributed by atoms with Crippen molar-refractivity contribution in [3.63, 3.8) is 0 Å². The largest absolute Gasteiger partial charge is 0.377 e. The molecule has 0 unspecified atom stereocenters. The van der Waals surface area contributed by atoms with Gasteiger partial charge >= 0.3 is 0 Å². The second-order valence-corrected chi connectivity index (χ2v) is 7.70. The van der Waals surface area contributed by atoms with Crippen LogP contribution in [0.4, 0.5) is 22.7 Å². The summed E-state index contributed by atoms with van der Waals surface area (Å²) in [6, 6.07) is 12.6. The van der Waals surface area contributed by atoms with E-state index >= 15 is 0 Å². The van der Waals surface area contributed by atoms with Crippen molar-refractivity contribution < 1.29 is 9.72 Å². The summed E-state index contributed by atoms with van der Waals surface area (Å²) in [4.78, 5) is 28.1. The molecule has 2 fully saturated rings. The first kappa shape index (κ1) is 19.2. The number of benzene rings is 2. The summed E-state index contributed by atoms with van der Waals surface area (Å²) in [5.74, 6) is -0.363. The molecule has 1 amide bonds. The molecular formula is C21H25N5O3. The van der Waals surface area contributed by atoms with Gasteiger partial charge in [-0.15, -0.1) is 0 Å². The van der Waals surface area contributed by atoms with Crippen LogP contribution in [-0.2, 0) is 0 Å². The van der Waals surface area contributed by atoms with Crippen LogP contribution in [0.2, 0.25) is 0 Å². The maximum atomic E-state index is 12.6. The monoisotopic (exact) mass is 395 g/mol. The molecule has 2 aliphatic rings. The molecule has 0 atom stereocenters. The molecule has 2 N–H and O–H groups in total. The van der Waals surface area contributed by atoms with Crippen LogP contribution < -0.4 is 15.5 Å². The van der Waals surface area contributed by atoms with Crippen molar-refractivity contribution in [3.8, 4) is 0 Å². The summed E-state index contributed by atoms with van der Waals surface area (Å²) in [5, 5.41) is 17.4. The van der Waals surface area contributed by atoms with E-state index in [1.165, 1.54) is 6.07 Å². The van der Waals surface area contributed by atoms with Gasteiger partial charge in [-0.3, -0.25) is 14.9 Å². The number of carbonyl (C=O) groups is 1. The standard InChI is InChI=1S/C21H25N5O3/c1-24-10-12-25(13-11-24)18-7-5-17(6-8-18)23-21(27)15-2-9-19(22-16-3-4-16)20(14-15)26(28)29/h2,5-9,14,16,22H,3-4,10-13H2,1H3,(H,23,27). The summed E-state index contributed by atoms with van der Waals surface area (Å²) in [6.07, 6.45) is 2.03. The minimum absolute atomic E-state index is 0.0741. The van der Waals surface area contributed by atoms with E-state index < -0.39 is 4.92 Å². The average molecular weight is 395 g/mol. The number of anilines is 3. The van der Waals surface area contributed by atoms with E-state index in [4.69, 9.17) is 0 Å². The molecule has 29 heavy (non-hydrogen) atoms. The van der Waals surface area contributed by atoms with Crippen molar-refractivity contribution in [1.82, 2.24) is 4.90 Å². The molecule has 8 heteroatoms. The zero-order valence-corrected chi connectivity index (χ0v) is 16.4. The summed E-state index contributed by atoms with van der Waals surface area (Å²) < 4.78 is 0. The first-order valence-electron chi connectivity index (χ1n) is 9.89. The lowest BCUT2D eigenvalue weighted by atomic mass is 10.1. The minimum atomic E-state index is -0.452. The van der Waals surface area contributed by atoms with Crippen molar-refractivity contribution in [1.29, 1.82) is 0 Å². The van der Waals surface area contributed by atoms with Gasteiger partial charge in [0.15, 0.2) is 0 Å². The highest BCUT2D eigenvalue weighted by Crippen LogP contribution is 2.31. The highest BCUT2D eigenvalue weighted by molar-refractivity contribution is 6.05. The Morgan fingerprint density at radius 3 is 2.38 bits per heavy atom. The first-order chi connectivity index (χ1) is 14.0. The number of likely N-dealkylation sites (N-methyl/N-ethyl adjacent to an activating group) is 1. The number of hydrogen-bond acceptors (Lipinski definition) is 6. The van der Waals surface area contributed by atoms with Crippen LogP contribution in [0.3, 0.4) is 0 Å². The quantitative estimate of drug-likeness (QED) is 0.577. The molecule has 0 radical (unpaired) electrons. The number of nitrogens with zero attached hydrogens (tertiary/aromatic N) is 3. The number of carbonyl (C=O) groups excluding carboxylic acids is 1. The van der Waals surface area contributed by atoms with Crippen LogP contribution in [0.5, 0.6) is 0 Å². The van der Waals surface area contributed by atoms with Gasteiger partial charge in [-0.05, 0) is 56.3 Å². The maximum absolute atomic E-state index is 12.6. The van der Waals surface area contributed by atoms with E-state index in [1.807, 2.05) is 24.3 Å². The molecule has 2 aromatic rings. The third-order valence-corrected chi connectivity index (χ3v) is 5.39. The fraction of sp³-hybridized carbons (Fsp3) is 0.381. The number of rotatable bonds is 6. The number of nitrogens with one attached hydrogen (secondary N) is 2. The van der Waals surface area contributed by atoms with E-state index in [-0.39, 0.29) is 17.2 Å². The average Bonchev–Trinajstić information content (AvgIpc) is 3.53. The predicted octanol–water partition coefficient (Wildman–Crippen LogP) is 3.17. The Kier molecular flexibility index (Phi) is 5.35. The maximum Gasteiger partial charge on any atom is 0.293 e. The van der Waals surface area contributed by atoms with Crippen LogP contribution in [0.15, 0.2) is 42.5 Å². The van der Waals surface area contributed by atoms with Crippen molar-refractivity contribution in [2.24, 2.45) is 0 Å². The molecule has 0 spiro atoms. The Hall–Kier alpha value is -3.13. The van der Waals surface area contributed by atoms with Crippen LogP contribution in [0, 0.1) is 10.1 Å². The normalized spacial score (nSPS) is 17.1. The van der Waals surface area contributed by atoms with Gasteiger partial charge in [0.25, 0.3) is 11.6 Å². The summed E-state index contributed by atoms with van der Waals surface area (Å²) in [7, 11) is 2.12. The van der Waals surface area contributed by atoms with Crippen molar-refractivity contribution >= 4 is 28.7 Å². The molecule has 1 aliphatic carbocycles. The number of nitro benzene ring substituents is 1. The molecular weight excluding hydrogens is 370 g/mol. The van der Waals surface area contributed by atoms with Crippen molar-refractivity contribution in [2.75, 3.05) is 48.8 Å². The Labute approximate surface area is 169 Å². The van der Waals surface area contributed by atoms with E-state index in [2.05, 4.69) is 27.5 Å². The Morgan fingerprint density at radius 1 is 1.07 bits per heavy atom. The second kappa shape index (κ2) is 8.08. The molecule has 1 aliphatic heterocycles. The molecule has 8 nitrogen and oxygen atoms in total. The summed E-state index contributed by atoms with van der Waals surface area (Å²) >= 11 is 0. The number of piperazine rings is 1. The zero-order chi connectivity index (χ0) is 20.4. The fourth-order valence-corrected chi connectivity index (χ4v) is 3.42. The van der Waals surface area contributed by atoms with Gasteiger partial charge in [-0.2, -0.15) is 0 Å². The molecule has 152 valence electrons. The third kappa shape index (κ3) is 4.65. The van der Waals surface area contributed by atoms with Gasteiger partial charge in [-0.1, -0.05) is 0 Å². The van der Waals surface area contributed by atoms with Crippen molar-refractivity contribution in [3.05, 3.63) is 58.1 Å². The molecule has 2 aromatic carbocycles. The Morgan fingerprint density at radius 2 is 1.76 bits per heavy atom. The summed E-state index contributed by atoms with van der Waals surface area (Å²) in [6.45, 7) is 4.02. The lowest BCUT2D eigenvalue weighted by Gasteiger charge is -2.34. The van der Waals surface area contributed by atoms with Crippen molar-refractivity contribution in [2.45, 2.75) is 18.9 Å². The molecule has 0 aromatic heterocycles. The van der Waals surface area contributed by atoms with E-state index in [1.54, 1.807) is 12.1 Å². The first-order valence-corrected chi connectivity index (χ1v) is 9.89. The van der Waals surface area contributed by atoms with Crippen LogP contribution in [0.1, 0.15) is 23.2 Å². The second-order valence-electron chi connectivity index (χ2n) is 7.70. The van der Waals surface area contributed by atoms with Gasteiger partial charge in [0.05, 0.1) is 4.92 Å². The predicted molar refractivity (Wildman–Crippen MR) is 114 cm³/mol. The van der Waals surface area contributed by atoms with E-state index in [0.717, 1.165) is 44.7 Å². The van der Waals surface area contributed by atoms with E-state index in [0.29, 0.717) is 17.4 Å². The lowest BCUT2D eigenvalue weighted by Crippen LogP contribution is -2.44. The highest BCUT2D eigenvalue weighted by Gasteiger charge is 2.25. The molecule has 1 saturated carbocycles. The van der Waals surface area contributed by atoms with Crippen LogP contribution >= 0.6 is 0 Å². The zero-order valence-electron chi connectivity index (χ0n) is 16.4. The molecule has 4 rings (SSSR count). The smallest absolute Gasteiger partial charge is 0.293 e. The van der Waals surface area contributed by atoms with Gasteiger partial charge in [-0.25, -0.2) is 0 Å². The van der Waals surface area contributed by atoms with Gasteiger partial charge < -0.3 is 20.4 Å². The summed E-state index contributed by atoms with van der Waals surface area (Å²) in [5.41, 5.74) is 2.44. The van der Waals surface area contributed by atoms with E-state index in [9.17, 15) is 14.9 Å². The Balaban J connectivity index is 1.43. The fourth-order valence-electron chi connectivity index (χ4n) is 3.42. The minimum Gasteiger partial charge on any atom is -0.377 e. The number of amides is 1.